The number of nitrogens with one attached hydrogen (secondary N) is 1. The monoisotopic (exact) mass is 364 g/mol. The Hall–Kier alpha value is -2.23. The Balaban J connectivity index is 1.38. The molecule has 2 fully saturated rings. The molecule has 1 saturated carbocycles. The number of benzene rings is 1. The van der Waals surface area contributed by atoms with Gasteiger partial charge in [0.15, 0.2) is 0 Å². The van der Waals surface area contributed by atoms with Crippen molar-refractivity contribution in [3.05, 3.63) is 30.1 Å². The Morgan fingerprint density at radius 2 is 1.89 bits per heavy atom. The maximum absolute atomic E-state index is 8.89. The van der Waals surface area contributed by atoms with Crippen LogP contribution >= 0.6 is 0 Å². The molecule has 1 saturated heterocycles. The summed E-state index contributed by atoms with van der Waals surface area (Å²) in [7, 11) is 2.22. The summed E-state index contributed by atoms with van der Waals surface area (Å²) in [4.78, 5) is 14.0. The number of nitrogens with zero attached hydrogens (tertiary/aromatic N) is 5. The number of anilines is 1. The minimum atomic E-state index is 0.416. The second-order valence-electron chi connectivity index (χ2n) is 7.90. The van der Waals surface area contributed by atoms with Gasteiger partial charge in [0.2, 0.25) is 0 Å². The number of hydrogen-bond acceptors (Lipinski definition) is 6. The first-order valence-electron chi connectivity index (χ1n) is 10.0. The van der Waals surface area contributed by atoms with Crippen molar-refractivity contribution in [3.63, 3.8) is 0 Å². The number of likely N-dealkylation sites (N-methyl/N-ethyl adjacent to an activating group) is 1. The lowest BCUT2D eigenvalue weighted by Crippen LogP contribution is -2.50. The van der Waals surface area contributed by atoms with Crippen LogP contribution in [0.25, 0.3) is 10.9 Å². The number of piperazine rings is 1. The van der Waals surface area contributed by atoms with Gasteiger partial charge in [-0.1, -0.05) is 6.07 Å². The van der Waals surface area contributed by atoms with Crippen molar-refractivity contribution in [1.29, 1.82) is 5.26 Å². The van der Waals surface area contributed by atoms with Crippen LogP contribution < -0.4 is 5.32 Å². The molecule has 2 aromatic rings. The first-order valence-corrected chi connectivity index (χ1v) is 10.0. The minimum absolute atomic E-state index is 0.416. The van der Waals surface area contributed by atoms with E-state index in [0.717, 1.165) is 28.3 Å². The third kappa shape index (κ3) is 4.20. The summed E-state index contributed by atoms with van der Waals surface area (Å²) < 4.78 is 0. The largest absolute Gasteiger partial charge is 0.367 e. The summed E-state index contributed by atoms with van der Waals surface area (Å²) in [5.74, 6) is 0.923. The highest BCUT2D eigenvalue weighted by Gasteiger charge is 2.27. The van der Waals surface area contributed by atoms with Gasteiger partial charge in [-0.15, -0.1) is 0 Å². The predicted octanol–water partition coefficient (Wildman–Crippen LogP) is 2.67. The molecule has 0 radical (unpaired) electrons. The third-order valence-electron chi connectivity index (χ3n) is 6.08. The van der Waals surface area contributed by atoms with Gasteiger partial charge in [0, 0.05) is 43.6 Å². The van der Waals surface area contributed by atoms with Crippen molar-refractivity contribution in [1.82, 2.24) is 19.8 Å². The zero-order valence-corrected chi connectivity index (χ0v) is 16.1. The van der Waals surface area contributed by atoms with Gasteiger partial charge in [-0.2, -0.15) is 5.26 Å². The molecular formula is C21H28N6. The van der Waals surface area contributed by atoms with Crippen LogP contribution in [0, 0.1) is 11.3 Å². The summed E-state index contributed by atoms with van der Waals surface area (Å²) in [6, 6.07) is 9.46. The first-order chi connectivity index (χ1) is 13.2. The smallest absolute Gasteiger partial charge is 0.137 e. The van der Waals surface area contributed by atoms with E-state index in [2.05, 4.69) is 38.2 Å². The number of fused-ring (bicyclic) bond motifs is 1. The van der Waals surface area contributed by atoms with Crippen molar-refractivity contribution < 1.29 is 0 Å². The highest BCUT2D eigenvalue weighted by atomic mass is 15.3. The first kappa shape index (κ1) is 18.1. The average Bonchev–Trinajstić information content (AvgIpc) is 2.70. The summed E-state index contributed by atoms with van der Waals surface area (Å²) in [6.07, 6.45) is 6.94. The Kier molecular flexibility index (Phi) is 5.51. The fourth-order valence-electron chi connectivity index (χ4n) is 4.38. The summed E-state index contributed by atoms with van der Waals surface area (Å²) in [5, 5.41) is 13.6. The van der Waals surface area contributed by atoms with Crippen LogP contribution in [0.3, 0.4) is 0 Å². The van der Waals surface area contributed by atoms with Crippen LogP contribution in [-0.4, -0.2) is 65.1 Å². The molecule has 0 spiro atoms. The van der Waals surface area contributed by atoms with Crippen LogP contribution in [0.2, 0.25) is 0 Å². The molecule has 0 unspecified atom stereocenters. The number of rotatable bonds is 4. The number of hydrogen-bond donors (Lipinski definition) is 1. The van der Waals surface area contributed by atoms with Gasteiger partial charge < -0.3 is 10.2 Å². The van der Waals surface area contributed by atoms with E-state index >= 15 is 0 Å². The Bertz CT molecular complexity index is 813. The van der Waals surface area contributed by atoms with Crippen LogP contribution in [0.4, 0.5) is 5.82 Å². The number of aromatic nitrogens is 2. The molecule has 1 N–H and O–H groups in total. The van der Waals surface area contributed by atoms with Crippen molar-refractivity contribution >= 4 is 16.7 Å². The molecule has 6 nitrogen and oxygen atoms in total. The topological polar surface area (TPSA) is 68.1 Å². The molecule has 27 heavy (non-hydrogen) atoms. The van der Waals surface area contributed by atoms with E-state index in [1.807, 2.05) is 18.2 Å². The van der Waals surface area contributed by atoms with E-state index < -0.39 is 0 Å². The van der Waals surface area contributed by atoms with E-state index in [0.29, 0.717) is 12.5 Å². The Morgan fingerprint density at radius 1 is 1.11 bits per heavy atom. The second kappa shape index (κ2) is 8.20. The Morgan fingerprint density at radius 3 is 2.63 bits per heavy atom. The SMILES string of the molecule is CN1CCN(C2CCC(Nc3ncnc4cc(CC#N)ccc34)CC2)CC1. The van der Waals surface area contributed by atoms with Crippen molar-refractivity contribution in [2.75, 3.05) is 38.5 Å². The molecule has 1 aromatic heterocycles. The van der Waals surface area contributed by atoms with E-state index in [1.54, 1.807) is 6.33 Å². The lowest BCUT2D eigenvalue weighted by molar-refractivity contribution is 0.0894. The minimum Gasteiger partial charge on any atom is -0.367 e. The van der Waals surface area contributed by atoms with Crippen molar-refractivity contribution in [2.24, 2.45) is 0 Å². The molecule has 1 aromatic carbocycles. The standard InChI is InChI=1S/C21H28N6/c1-26-10-12-27(13-11-26)18-5-3-17(4-6-18)25-21-19-7-2-16(8-9-22)14-20(19)23-15-24-21/h2,7,14-15,17-18H,3-6,8,10-13H2,1H3,(H,23,24,25). The van der Waals surface area contributed by atoms with Crippen molar-refractivity contribution in [3.8, 4) is 6.07 Å². The van der Waals surface area contributed by atoms with E-state index in [-0.39, 0.29) is 0 Å². The highest BCUT2D eigenvalue weighted by molar-refractivity contribution is 5.89. The molecule has 2 heterocycles. The van der Waals surface area contributed by atoms with Crippen LogP contribution in [-0.2, 0) is 6.42 Å². The van der Waals surface area contributed by atoms with Gasteiger partial charge in [-0.05, 0) is 50.4 Å². The molecule has 2 aliphatic rings. The summed E-state index contributed by atoms with van der Waals surface area (Å²) in [5.41, 5.74) is 1.91. The van der Waals surface area contributed by atoms with Gasteiger partial charge in [0.05, 0.1) is 18.0 Å². The van der Waals surface area contributed by atoms with Crippen LogP contribution in [0.15, 0.2) is 24.5 Å². The van der Waals surface area contributed by atoms with E-state index in [4.69, 9.17) is 5.26 Å². The molecule has 0 atom stereocenters. The third-order valence-corrected chi connectivity index (χ3v) is 6.08. The van der Waals surface area contributed by atoms with Gasteiger partial charge in [0.25, 0.3) is 0 Å². The Labute approximate surface area is 161 Å². The lowest BCUT2D eigenvalue weighted by Gasteiger charge is -2.41. The summed E-state index contributed by atoms with van der Waals surface area (Å²) in [6.45, 7) is 4.81. The molecule has 0 amide bonds. The van der Waals surface area contributed by atoms with Gasteiger partial charge in [0.1, 0.15) is 12.1 Å². The maximum Gasteiger partial charge on any atom is 0.137 e. The summed E-state index contributed by atoms with van der Waals surface area (Å²) >= 11 is 0. The van der Waals surface area contributed by atoms with Crippen LogP contribution in [0.1, 0.15) is 31.2 Å². The quantitative estimate of drug-likeness (QED) is 0.900. The van der Waals surface area contributed by atoms with Gasteiger partial charge >= 0.3 is 0 Å². The van der Waals surface area contributed by atoms with E-state index in [1.165, 1.54) is 51.9 Å². The second-order valence-corrected chi connectivity index (χ2v) is 7.90. The molecule has 1 aliphatic carbocycles. The van der Waals surface area contributed by atoms with Crippen molar-refractivity contribution in [2.45, 2.75) is 44.2 Å². The zero-order chi connectivity index (χ0) is 18.6. The lowest BCUT2D eigenvalue weighted by atomic mass is 9.89. The molecular weight excluding hydrogens is 336 g/mol. The fraction of sp³-hybridized carbons (Fsp3) is 0.571. The molecule has 1 aliphatic heterocycles. The average molecular weight is 364 g/mol. The van der Waals surface area contributed by atoms with E-state index in [9.17, 15) is 0 Å². The molecule has 142 valence electrons. The fourth-order valence-corrected chi connectivity index (χ4v) is 4.38. The highest BCUT2D eigenvalue weighted by Crippen LogP contribution is 2.28. The van der Waals surface area contributed by atoms with Gasteiger partial charge in [-0.25, -0.2) is 9.97 Å². The maximum atomic E-state index is 8.89. The molecule has 0 bridgehead atoms. The normalized spacial score (nSPS) is 24.6. The molecule has 6 heteroatoms. The van der Waals surface area contributed by atoms with Crippen LogP contribution in [0.5, 0.6) is 0 Å². The number of nitriles is 1. The zero-order valence-electron chi connectivity index (χ0n) is 16.1. The molecule has 4 rings (SSSR count). The van der Waals surface area contributed by atoms with Gasteiger partial charge in [-0.3, -0.25) is 4.90 Å². The predicted molar refractivity (Wildman–Crippen MR) is 108 cm³/mol.